The lowest BCUT2D eigenvalue weighted by molar-refractivity contribution is -0.250. The standard InChI is InChI=1S/C9H12F3N5O/c10-9(11,12)8(18)1-2-17(4-8)6-3-5(13)15-7(14)16-6/h3,18H,1-2,4H2,(H4,13,14,15,16). The van der Waals surface area contributed by atoms with Crippen LogP contribution in [-0.2, 0) is 0 Å². The second-order valence-electron chi connectivity index (χ2n) is 4.21. The molecule has 0 aliphatic carbocycles. The van der Waals surface area contributed by atoms with Gasteiger partial charge in [-0.15, -0.1) is 0 Å². The van der Waals surface area contributed by atoms with E-state index >= 15 is 0 Å². The summed E-state index contributed by atoms with van der Waals surface area (Å²) in [6.45, 7) is -0.571. The molecule has 1 aliphatic heterocycles. The highest BCUT2D eigenvalue weighted by atomic mass is 19.4. The van der Waals surface area contributed by atoms with Crippen LogP contribution in [0.2, 0.25) is 0 Å². The zero-order valence-corrected chi connectivity index (χ0v) is 9.28. The van der Waals surface area contributed by atoms with Crippen LogP contribution < -0.4 is 16.4 Å². The van der Waals surface area contributed by atoms with Crippen LogP contribution in [0.25, 0.3) is 0 Å². The van der Waals surface area contributed by atoms with Crippen LogP contribution in [0.15, 0.2) is 6.07 Å². The molecule has 1 aromatic rings. The van der Waals surface area contributed by atoms with Crippen molar-refractivity contribution in [2.45, 2.75) is 18.2 Å². The van der Waals surface area contributed by atoms with E-state index in [1.807, 2.05) is 0 Å². The van der Waals surface area contributed by atoms with E-state index in [9.17, 15) is 18.3 Å². The molecular weight excluding hydrogens is 251 g/mol. The molecule has 0 radical (unpaired) electrons. The minimum absolute atomic E-state index is 0.0197. The number of nitrogens with zero attached hydrogens (tertiary/aromatic N) is 3. The Morgan fingerprint density at radius 1 is 1.33 bits per heavy atom. The Morgan fingerprint density at radius 3 is 2.50 bits per heavy atom. The summed E-state index contributed by atoms with van der Waals surface area (Å²) in [5.41, 5.74) is 8.08. The molecule has 0 aromatic carbocycles. The van der Waals surface area contributed by atoms with Gasteiger partial charge in [0.15, 0.2) is 5.60 Å². The number of hydrogen-bond donors (Lipinski definition) is 3. The third-order valence-corrected chi connectivity index (χ3v) is 2.85. The smallest absolute Gasteiger partial charge is 0.383 e. The molecule has 1 aliphatic rings. The summed E-state index contributed by atoms with van der Waals surface area (Å²) in [6.07, 6.45) is -5.09. The van der Waals surface area contributed by atoms with E-state index in [1.54, 1.807) is 0 Å². The molecule has 1 saturated heterocycles. The maximum atomic E-state index is 12.6. The second-order valence-corrected chi connectivity index (χ2v) is 4.21. The minimum atomic E-state index is -4.67. The molecule has 18 heavy (non-hydrogen) atoms. The van der Waals surface area contributed by atoms with Crippen LogP contribution >= 0.6 is 0 Å². The molecule has 0 bridgehead atoms. The highest BCUT2D eigenvalue weighted by Crippen LogP contribution is 2.38. The fraction of sp³-hybridized carbons (Fsp3) is 0.556. The van der Waals surface area contributed by atoms with Gasteiger partial charge in [0.25, 0.3) is 0 Å². The quantitative estimate of drug-likeness (QED) is 0.666. The predicted molar refractivity (Wildman–Crippen MR) is 58.7 cm³/mol. The van der Waals surface area contributed by atoms with Gasteiger partial charge in [-0.3, -0.25) is 0 Å². The van der Waals surface area contributed by atoms with E-state index in [2.05, 4.69) is 9.97 Å². The third-order valence-electron chi connectivity index (χ3n) is 2.85. The van der Waals surface area contributed by atoms with E-state index in [-0.39, 0.29) is 24.1 Å². The summed E-state index contributed by atoms with van der Waals surface area (Å²) >= 11 is 0. The fourth-order valence-electron chi connectivity index (χ4n) is 1.85. The molecular formula is C9H12F3N5O. The second kappa shape index (κ2) is 3.87. The average Bonchev–Trinajstić information content (AvgIpc) is 2.60. The molecule has 0 spiro atoms. The first-order valence-corrected chi connectivity index (χ1v) is 5.15. The van der Waals surface area contributed by atoms with Crippen molar-refractivity contribution in [2.24, 2.45) is 0 Å². The van der Waals surface area contributed by atoms with Crippen molar-refractivity contribution in [1.29, 1.82) is 0 Å². The van der Waals surface area contributed by atoms with E-state index < -0.39 is 24.7 Å². The van der Waals surface area contributed by atoms with Gasteiger partial charge >= 0.3 is 6.18 Å². The predicted octanol–water partition coefficient (Wildman–Crippen LogP) is 0.144. The van der Waals surface area contributed by atoms with Crippen LogP contribution in [0.3, 0.4) is 0 Å². The van der Waals surface area contributed by atoms with E-state index in [1.165, 1.54) is 11.0 Å². The van der Waals surface area contributed by atoms with Gasteiger partial charge in [0, 0.05) is 19.0 Å². The molecule has 1 unspecified atom stereocenters. The Balaban J connectivity index is 2.23. The van der Waals surface area contributed by atoms with Crippen LogP contribution in [0.5, 0.6) is 0 Å². The fourth-order valence-corrected chi connectivity index (χ4v) is 1.85. The van der Waals surface area contributed by atoms with Gasteiger partial charge in [-0.2, -0.15) is 23.1 Å². The number of halogens is 3. The number of aliphatic hydroxyl groups is 1. The Morgan fingerprint density at radius 2 is 2.00 bits per heavy atom. The lowest BCUT2D eigenvalue weighted by Gasteiger charge is -2.26. The molecule has 1 aromatic heterocycles. The monoisotopic (exact) mass is 263 g/mol. The zero-order valence-electron chi connectivity index (χ0n) is 9.28. The van der Waals surface area contributed by atoms with E-state index in [0.717, 1.165) is 0 Å². The average molecular weight is 263 g/mol. The summed E-state index contributed by atoms with van der Waals surface area (Å²) in [5, 5.41) is 9.53. The van der Waals surface area contributed by atoms with Gasteiger partial charge < -0.3 is 21.5 Å². The maximum Gasteiger partial charge on any atom is 0.418 e. The van der Waals surface area contributed by atoms with Gasteiger partial charge in [-0.05, 0) is 0 Å². The number of alkyl halides is 3. The molecule has 0 amide bonds. The first kappa shape index (κ1) is 12.7. The number of hydrogen-bond acceptors (Lipinski definition) is 6. The number of anilines is 3. The van der Waals surface area contributed by atoms with Crippen molar-refractivity contribution in [2.75, 3.05) is 29.5 Å². The van der Waals surface area contributed by atoms with Crippen molar-refractivity contribution in [3.63, 3.8) is 0 Å². The summed E-state index contributed by atoms with van der Waals surface area (Å²) in [4.78, 5) is 8.70. The van der Waals surface area contributed by atoms with Crippen molar-refractivity contribution in [3.05, 3.63) is 6.07 Å². The molecule has 0 saturated carbocycles. The molecule has 9 heteroatoms. The molecule has 2 rings (SSSR count). The van der Waals surface area contributed by atoms with E-state index in [4.69, 9.17) is 11.5 Å². The Kier molecular flexibility index (Phi) is 2.73. The number of rotatable bonds is 1. The topological polar surface area (TPSA) is 101 Å². The lowest BCUT2D eigenvalue weighted by atomic mass is 10.0. The normalized spacial score (nSPS) is 24.6. The molecule has 1 fully saturated rings. The largest absolute Gasteiger partial charge is 0.418 e. The van der Waals surface area contributed by atoms with Crippen LogP contribution in [0.1, 0.15) is 6.42 Å². The van der Waals surface area contributed by atoms with Gasteiger partial charge in [0.2, 0.25) is 5.95 Å². The maximum absolute atomic E-state index is 12.6. The minimum Gasteiger partial charge on any atom is -0.383 e. The molecule has 6 nitrogen and oxygen atoms in total. The van der Waals surface area contributed by atoms with Crippen molar-refractivity contribution < 1.29 is 18.3 Å². The van der Waals surface area contributed by atoms with Crippen molar-refractivity contribution >= 4 is 17.6 Å². The molecule has 1 atom stereocenters. The summed E-state index contributed by atoms with van der Waals surface area (Å²) < 4.78 is 37.9. The third kappa shape index (κ3) is 2.13. The van der Waals surface area contributed by atoms with Crippen molar-refractivity contribution in [1.82, 2.24) is 9.97 Å². The Hall–Kier alpha value is -1.77. The van der Waals surface area contributed by atoms with E-state index in [0.29, 0.717) is 0 Å². The first-order valence-electron chi connectivity index (χ1n) is 5.15. The summed E-state index contributed by atoms with van der Waals surface area (Å²) in [5.74, 6) is 0.132. The number of aromatic nitrogens is 2. The van der Waals surface area contributed by atoms with Gasteiger partial charge in [-0.25, -0.2) is 0 Å². The summed E-state index contributed by atoms with van der Waals surface area (Å²) in [7, 11) is 0. The highest BCUT2D eigenvalue weighted by molar-refractivity contribution is 5.51. The van der Waals surface area contributed by atoms with Crippen molar-refractivity contribution in [3.8, 4) is 0 Å². The van der Waals surface area contributed by atoms with Crippen LogP contribution in [-0.4, -0.2) is 39.9 Å². The first-order chi connectivity index (χ1) is 8.21. The molecule has 100 valence electrons. The highest BCUT2D eigenvalue weighted by Gasteiger charge is 2.57. The van der Waals surface area contributed by atoms with Gasteiger partial charge in [-0.1, -0.05) is 0 Å². The number of β-amino-alcohol motifs (C(OH)–C–C–N with tert-alkyl or cyclic N) is 1. The lowest BCUT2D eigenvalue weighted by Crippen LogP contribution is -2.47. The number of nitrogens with two attached hydrogens (primary N) is 2. The summed E-state index contributed by atoms with van der Waals surface area (Å²) in [6, 6.07) is 1.32. The molecule has 5 N–H and O–H groups in total. The number of nitrogen functional groups attached to an aromatic ring is 2. The van der Waals surface area contributed by atoms with Gasteiger partial charge in [0.05, 0.1) is 6.54 Å². The van der Waals surface area contributed by atoms with Gasteiger partial charge in [0.1, 0.15) is 11.6 Å². The van der Waals surface area contributed by atoms with Crippen LogP contribution in [0.4, 0.5) is 30.8 Å². The Bertz CT molecular complexity index is 446. The SMILES string of the molecule is Nc1cc(N2CCC(O)(C(F)(F)F)C2)nc(N)n1. The zero-order chi connectivity index (χ0) is 13.6. The molecule has 2 heterocycles. The Labute approximate surface area is 100 Å². The van der Waals surface area contributed by atoms with Crippen LogP contribution in [0, 0.1) is 0 Å².